The fourth-order valence-electron chi connectivity index (χ4n) is 7.48. The Kier molecular flexibility index (Phi) is 3.85. The first-order valence-electron chi connectivity index (χ1n) is 10.5. The van der Waals surface area contributed by atoms with Gasteiger partial charge < -0.3 is 28.8 Å². The van der Waals surface area contributed by atoms with Gasteiger partial charge in [-0.15, -0.1) is 0 Å². The van der Waals surface area contributed by atoms with Crippen LogP contribution in [0, 0.1) is 28.1 Å². The quantitative estimate of drug-likeness (QED) is 0.529. The fraction of sp³-hybridized carbons (Fsp3) is 0.818. The second-order valence-corrected chi connectivity index (χ2v) is 10.5. The lowest BCUT2D eigenvalue weighted by Crippen LogP contribution is -2.67. The van der Waals surface area contributed by atoms with E-state index in [2.05, 4.69) is 20.8 Å². The summed E-state index contributed by atoms with van der Waals surface area (Å²) in [7, 11) is 3.13. The Morgan fingerprint density at radius 2 is 1.87 bits per heavy atom. The summed E-state index contributed by atoms with van der Waals surface area (Å²) in [5.41, 5.74) is -5.80. The first-order valence-corrected chi connectivity index (χ1v) is 10.5. The van der Waals surface area contributed by atoms with Gasteiger partial charge in [-0.3, -0.25) is 4.79 Å². The molecule has 30 heavy (non-hydrogen) atoms. The summed E-state index contributed by atoms with van der Waals surface area (Å²) in [6, 6.07) is 0. The molecule has 4 fully saturated rings. The summed E-state index contributed by atoms with van der Waals surface area (Å²) in [5.74, 6) is -2.22. The molecule has 1 unspecified atom stereocenters. The summed E-state index contributed by atoms with van der Waals surface area (Å²) in [5, 5.41) is 11.7. The summed E-state index contributed by atoms with van der Waals surface area (Å²) in [4.78, 5) is 26.1. The summed E-state index contributed by atoms with van der Waals surface area (Å²) >= 11 is 0. The van der Waals surface area contributed by atoms with E-state index in [9.17, 15) is 14.7 Å². The summed E-state index contributed by atoms with van der Waals surface area (Å²) in [6.07, 6.45) is 2.53. The molecule has 0 amide bonds. The zero-order valence-electron chi connectivity index (χ0n) is 18.3. The normalized spacial score (nSPS) is 53.8. The third-order valence-electron chi connectivity index (χ3n) is 8.62. The van der Waals surface area contributed by atoms with Crippen LogP contribution in [0.1, 0.15) is 40.5 Å². The van der Waals surface area contributed by atoms with Crippen molar-refractivity contribution in [3.8, 4) is 0 Å². The van der Waals surface area contributed by atoms with Crippen molar-refractivity contribution in [2.75, 3.05) is 14.2 Å². The largest absolute Gasteiger partial charge is 0.458 e. The van der Waals surface area contributed by atoms with Crippen LogP contribution < -0.4 is 0 Å². The zero-order valence-corrected chi connectivity index (χ0v) is 18.3. The van der Waals surface area contributed by atoms with Crippen molar-refractivity contribution >= 4 is 11.9 Å². The first-order chi connectivity index (χ1) is 14.0. The van der Waals surface area contributed by atoms with Crippen LogP contribution in [0.2, 0.25) is 0 Å². The van der Waals surface area contributed by atoms with Crippen molar-refractivity contribution in [1.29, 1.82) is 0 Å². The topological polar surface area (TPSA) is 101 Å². The molecule has 0 aromatic heterocycles. The molecule has 0 bridgehead atoms. The van der Waals surface area contributed by atoms with Gasteiger partial charge in [0.2, 0.25) is 0 Å². The molecule has 166 valence electrons. The Labute approximate surface area is 175 Å². The van der Waals surface area contributed by atoms with E-state index in [1.165, 1.54) is 0 Å². The van der Waals surface area contributed by atoms with Crippen molar-refractivity contribution in [3.63, 3.8) is 0 Å². The van der Waals surface area contributed by atoms with Gasteiger partial charge >= 0.3 is 11.9 Å². The third-order valence-corrected chi connectivity index (χ3v) is 8.62. The van der Waals surface area contributed by atoms with E-state index in [1.807, 2.05) is 6.08 Å². The molecule has 3 aliphatic heterocycles. The van der Waals surface area contributed by atoms with Gasteiger partial charge in [0.25, 0.3) is 5.60 Å². The van der Waals surface area contributed by atoms with Crippen LogP contribution in [0.4, 0.5) is 0 Å². The number of aliphatic hydroxyl groups is 1. The number of carbonyl (C=O) groups excluding carboxylic acids is 2. The molecule has 1 saturated carbocycles. The smallest absolute Gasteiger partial charge is 0.355 e. The van der Waals surface area contributed by atoms with E-state index in [4.69, 9.17) is 23.7 Å². The molecule has 5 rings (SSSR count). The standard InChI is InChI=1S/C22H30O8/c1-11-15(23)30-22-16(24)28-13-9-12(18(2,3)4)19(10-14(26-5)29-17(19)27-6)20(13,22)7-8-21(11,22)25/h7-8,11-14,17,25H,9-10H2,1-6H3/t11-,12+,13-,14+,17-,19-,20?,21+,22-/m1/s1. The van der Waals surface area contributed by atoms with E-state index >= 15 is 0 Å². The lowest BCUT2D eigenvalue weighted by Gasteiger charge is -2.52. The molecular weight excluding hydrogens is 392 g/mol. The SMILES string of the molecule is CO[C@@H]1C[C@]2([C@H](OC)O1)[C@H](C(C)(C)C)C[C@H]1OC(=O)[C@]34OC(=O)[C@@H](C)[C@@]3(O)C=CC124. The Morgan fingerprint density at radius 1 is 1.17 bits per heavy atom. The van der Waals surface area contributed by atoms with Gasteiger partial charge in [0.05, 0.1) is 11.3 Å². The minimum Gasteiger partial charge on any atom is -0.458 e. The van der Waals surface area contributed by atoms with Crippen molar-refractivity contribution in [2.24, 2.45) is 28.1 Å². The number of hydrogen-bond acceptors (Lipinski definition) is 8. The maximum absolute atomic E-state index is 13.4. The van der Waals surface area contributed by atoms with Crippen LogP contribution in [-0.2, 0) is 33.3 Å². The second-order valence-electron chi connectivity index (χ2n) is 10.5. The molecule has 3 heterocycles. The van der Waals surface area contributed by atoms with Gasteiger partial charge in [0, 0.05) is 26.1 Å². The molecular formula is C22H30O8. The van der Waals surface area contributed by atoms with Crippen molar-refractivity contribution in [3.05, 3.63) is 12.2 Å². The molecule has 8 nitrogen and oxygen atoms in total. The molecule has 5 aliphatic rings. The Balaban J connectivity index is 1.82. The van der Waals surface area contributed by atoms with E-state index in [0.717, 1.165) is 0 Å². The van der Waals surface area contributed by atoms with Crippen LogP contribution in [-0.4, -0.2) is 61.2 Å². The molecule has 3 saturated heterocycles. The number of rotatable bonds is 2. The minimum absolute atomic E-state index is 0.0216. The maximum atomic E-state index is 13.4. The highest BCUT2D eigenvalue weighted by Gasteiger charge is 2.93. The van der Waals surface area contributed by atoms with E-state index in [1.54, 1.807) is 27.2 Å². The number of esters is 2. The monoisotopic (exact) mass is 422 g/mol. The lowest BCUT2D eigenvalue weighted by atomic mass is 9.50. The van der Waals surface area contributed by atoms with Gasteiger partial charge in [-0.25, -0.2) is 4.79 Å². The fourth-order valence-corrected chi connectivity index (χ4v) is 7.48. The lowest BCUT2D eigenvalue weighted by molar-refractivity contribution is -0.246. The second kappa shape index (κ2) is 5.65. The highest BCUT2D eigenvalue weighted by atomic mass is 16.8. The average Bonchev–Trinajstić information content (AvgIpc) is 3.37. The number of ether oxygens (including phenoxy) is 5. The van der Waals surface area contributed by atoms with E-state index in [0.29, 0.717) is 12.8 Å². The molecule has 3 spiro atoms. The molecule has 0 aromatic carbocycles. The first kappa shape index (κ1) is 20.4. The van der Waals surface area contributed by atoms with Crippen LogP contribution >= 0.6 is 0 Å². The van der Waals surface area contributed by atoms with Crippen LogP contribution in [0.3, 0.4) is 0 Å². The van der Waals surface area contributed by atoms with Gasteiger partial charge in [0.1, 0.15) is 11.7 Å². The summed E-state index contributed by atoms with van der Waals surface area (Å²) in [6.45, 7) is 7.98. The van der Waals surface area contributed by atoms with Gasteiger partial charge in [-0.05, 0) is 24.7 Å². The predicted molar refractivity (Wildman–Crippen MR) is 102 cm³/mol. The molecule has 8 heteroatoms. The van der Waals surface area contributed by atoms with Crippen LogP contribution in [0.25, 0.3) is 0 Å². The third kappa shape index (κ3) is 1.78. The van der Waals surface area contributed by atoms with E-state index in [-0.39, 0.29) is 11.3 Å². The molecule has 2 aliphatic carbocycles. The highest BCUT2D eigenvalue weighted by Crippen LogP contribution is 2.79. The molecule has 0 aromatic rings. The number of hydrogen-bond donors (Lipinski definition) is 1. The van der Waals surface area contributed by atoms with Gasteiger partial charge in [-0.1, -0.05) is 32.9 Å². The van der Waals surface area contributed by atoms with Crippen LogP contribution in [0.5, 0.6) is 0 Å². The zero-order chi connectivity index (χ0) is 21.9. The molecule has 1 N–H and O–H groups in total. The number of methoxy groups -OCH3 is 2. The van der Waals surface area contributed by atoms with Crippen molar-refractivity contribution in [1.82, 2.24) is 0 Å². The molecule has 0 radical (unpaired) electrons. The highest BCUT2D eigenvalue weighted by molar-refractivity contribution is 5.96. The summed E-state index contributed by atoms with van der Waals surface area (Å²) < 4.78 is 29.3. The Hall–Kier alpha value is -1.48. The Bertz CT molecular complexity index is 847. The van der Waals surface area contributed by atoms with Gasteiger partial charge in [-0.2, -0.15) is 0 Å². The predicted octanol–water partition coefficient (Wildman–Crippen LogP) is 1.55. The molecule has 9 atom stereocenters. The van der Waals surface area contributed by atoms with Crippen molar-refractivity contribution < 1.29 is 38.4 Å². The number of carbonyl (C=O) groups is 2. The Morgan fingerprint density at radius 3 is 2.47 bits per heavy atom. The minimum atomic E-state index is -1.86. The van der Waals surface area contributed by atoms with Crippen molar-refractivity contribution in [2.45, 2.75) is 70.4 Å². The average molecular weight is 422 g/mol. The maximum Gasteiger partial charge on any atom is 0.355 e. The van der Waals surface area contributed by atoms with Crippen LogP contribution in [0.15, 0.2) is 12.2 Å². The van der Waals surface area contributed by atoms with Gasteiger partial charge in [0.15, 0.2) is 12.6 Å². The van der Waals surface area contributed by atoms with E-state index < -0.39 is 58.6 Å².